The molecule has 2 heterocycles. The number of ketones is 2. The van der Waals surface area contributed by atoms with Crippen molar-refractivity contribution in [3.63, 3.8) is 0 Å². The lowest BCUT2D eigenvalue weighted by atomic mass is 10.00. The van der Waals surface area contributed by atoms with Crippen molar-refractivity contribution in [2.75, 3.05) is 0 Å². The summed E-state index contributed by atoms with van der Waals surface area (Å²) in [6, 6.07) is 27.0. The van der Waals surface area contributed by atoms with E-state index in [1.165, 1.54) is 0 Å². The van der Waals surface area contributed by atoms with Crippen molar-refractivity contribution >= 4 is 11.6 Å². The Morgan fingerprint density at radius 3 is 1.28 bits per heavy atom. The van der Waals surface area contributed by atoms with Gasteiger partial charge in [-0.1, -0.05) is 60.7 Å². The Morgan fingerprint density at radius 1 is 0.562 bits per heavy atom. The van der Waals surface area contributed by atoms with Crippen molar-refractivity contribution in [2.24, 2.45) is 0 Å². The van der Waals surface area contributed by atoms with E-state index in [1.54, 1.807) is 0 Å². The van der Waals surface area contributed by atoms with Crippen LogP contribution >= 0.6 is 0 Å². The van der Waals surface area contributed by atoms with Crippen LogP contribution in [-0.4, -0.2) is 11.6 Å². The molecule has 0 aliphatic carbocycles. The highest BCUT2D eigenvalue weighted by Crippen LogP contribution is 2.21. The molecule has 0 bridgehead atoms. The monoisotopic (exact) mass is 422 g/mol. The molecule has 2 aromatic carbocycles. The Balaban J connectivity index is 1.44. The second-order valence-corrected chi connectivity index (χ2v) is 7.94. The number of pyridine rings is 2. The minimum Gasteiger partial charge on any atom is -0.287 e. The first-order valence-corrected chi connectivity index (χ1v) is 10.7. The first kappa shape index (κ1) is 21.3. The Bertz CT molecular complexity index is 1160. The molecule has 4 nitrogen and oxygen atoms in total. The van der Waals surface area contributed by atoms with Gasteiger partial charge in [0.05, 0.1) is 0 Å². The van der Waals surface area contributed by atoms with Crippen molar-refractivity contribution in [3.05, 3.63) is 120 Å². The molecule has 0 aliphatic rings. The molecule has 4 heteroatoms. The molecule has 0 aliphatic heterocycles. The first-order valence-electron chi connectivity index (χ1n) is 10.7. The van der Waals surface area contributed by atoms with Gasteiger partial charge in [0.1, 0.15) is 0 Å². The van der Waals surface area contributed by atoms with Gasteiger partial charge < -0.3 is 0 Å². The van der Waals surface area contributed by atoms with Crippen LogP contribution in [0.15, 0.2) is 97.3 Å². The van der Waals surface area contributed by atoms with Gasteiger partial charge in [-0.05, 0) is 11.1 Å². The SMILES string of the molecule is Cc1cccc[n+]1CC(=O)c1ccc(-c2ccc(C(=O)C[n+]3ccccc3C)cc2)cc1. The van der Waals surface area contributed by atoms with Crippen molar-refractivity contribution < 1.29 is 18.7 Å². The van der Waals surface area contributed by atoms with Crippen molar-refractivity contribution in [1.29, 1.82) is 0 Å². The molecule has 4 rings (SSSR count). The summed E-state index contributed by atoms with van der Waals surface area (Å²) < 4.78 is 3.89. The predicted molar refractivity (Wildman–Crippen MR) is 123 cm³/mol. The average Bonchev–Trinajstić information content (AvgIpc) is 2.82. The highest BCUT2D eigenvalue weighted by molar-refractivity contribution is 5.96. The fourth-order valence-corrected chi connectivity index (χ4v) is 3.67. The van der Waals surface area contributed by atoms with Crippen LogP contribution in [-0.2, 0) is 13.1 Å². The largest absolute Gasteiger partial charge is 0.287 e. The third-order valence-corrected chi connectivity index (χ3v) is 5.71. The lowest BCUT2D eigenvalue weighted by molar-refractivity contribution is -0.689. The molecule has 32 heavy (non-hydrogen) atoms. The van der Waals surface area contributed by atoms with Crippen LogP contribution in [0.1, 0.15) is 32.1 Å². The maximum Gasteiger partial charge on any atom is 0.227 e. The fraction of sp³-hybridized carbons (Fsp3) is 0.143. The zero-order valence-electron chi connectivity index (χ0n) is 18.4. The number of hydrogen-bond acceptors (Lipinski definition) is 2. The number of carbonyl (C=O) groups is 2. The molecule has 0 unspecified atom stereocenters. The van der Waals surface area contributed by atoms with E-state index in [4.69, 9.17) is 0 Å². The molecular formula is C28H26N2O2+2. The lowest BCUT2D eigenvalue weighted by Crippen LogP contribution is -2.40. The molecule has 2 aromatic heterocycles. The number of rotatable bonds is 7. The normalized spacial score (nSPS) is 10.7. The Hall–Kier alpha value is -3.92. The maximum atomic E-state index is 12.6. The van der Waals surface area contributed by atoms with Crippen LogP contribution in [0.4, 0.5) is 0 Å². The molecule has 0 N–H and O–H groups in total. The van der Waals surface area contributed by atoms with Crippen LogP contribution in [0, 0.1) is 13.8 Å². The van der Waals surface area contributed by atoms with E-state index in [0.717, 1.165) is 22.5 Å². The highest BCUT2D eigenvalue weighted by atomic mass is 16.1. The van der Waals surface area contributed by atoms with Crippen molar-refractivity contribution in [3.8, 4) is 11.1 Å². The first-order chi connectivity index (χ1) is 15.5. The number of aryl methyl sites for hydroxylation is 2. The zero-order chi connectivity index (χ0) is 22.5. The number of nitrogens with zero attached hydrogens (tertiary/aromatic N) is 2. The van der Waals surface area contributed by atoms with Crippen LogP contribution in [0.3, 0.4) is 0 Å². The standard InChI is InChI=1S/C28H26N2O2/c1-21-7-3-5-17-29(21)19-27(31)25-13-9-23(10-14-25)24-11-15-26(16-12-24)28(32)20-30-18-6-4-8-22(30)2/h3-18H,19-20H2,1-2H3/q+2. The van der Waals surface area contributed by atoms with Gasteiger partial charge in [0.25, 0.3) is 0 Å². The van der Waals surface area contributed by atoms with Crippen LogP contribution in [0.5, 0.6) is 0 Å². The summed E-state index contributed by atoms with van der Waals surface area (Å²) in [6.07, 6.45) is 3.84. The van der Waals surface area contributed by atoms with Crippen molar-refractivity contribution in [1.82, 2.24) is 0 Å². The molecule has 0 fully saturated rings. The summed E-state index contributed by atoms with van der Waals surface area (Å²) in [7, 11) is 0. The third kappa shape index (κ3) is 4.86. The molecule has 0 saturated carbocycles. The Morgan fingerprint density at radius 2 is 0.938 bits per heavy atom. The molecule has 0 spiro atoms. The van der Waals surface area contributed by atoms with E-state index in [9.17, 15) is 9.59 Å². The maximum absolute atomic E-state index is 12.6. The number of aromatic nitrogens is 2. The molecular weight excluding hydrogens is 396 g/mol. The van der Waals surface area contributed by atoms with Gasteiger partial charge in [-0.3, -0.25) is 9.59 Å². The highest BCUT2D eigenvalue weighted by Gasteiger charge is 2.15. The minimum absolute atomic E-state index is 0.0745. The molecule has 0 saturated heterocycles. The molecule has 0 amide bonds. The van der Waals surface area contributed by atoms with Crippen molar-refractivity contribution in [2.45, 2.75) is 26.9 Å². The third-order valence-electron chi connectivity index (χ3n) is 5.71. The van der Waals surface area contributed by atoms with Crippen LogP contribution < -0.4 is 9.13 Å². The minimum atomic E-state index is 0.0745. The molecule has 0 atom stereocenters. The Labute approximate surface area is 188 Å². The summed E-state index contributed by atoms with van der Waals surface area (Å²) in [5, 5.41) is 0. The fourth-order valence-electron chi connectivity index (χ4n) is 3.67. The van der Waals surface area contributed by atoms with Gasteiger partial charge >= 0.3 is 0 Å². The Kier molecular flexibility index (Phi) is 6.31. The van der Waals surface area contributed by atoms with E-state index in [1.807, 2.05) is 120 Å². The summed E-state index contributed by atoms with van der Waals surface area (Å²) in [5.41, 5.74) is 5.49. The van der Waals surface area contributed by atoms with Crippen LogP contribution in [0.25, 0.3) is 11.1 Å². The van der Waals surface area contributed by atoms with Gasteiger partial charge in [0.2, 0.25) is 24.7 Å². The zero-order valence-corrected chi connectivity index (χ0v) is 18.4. The molecule has 158 valence electrons. The number of Topliss-reactive ketones (excluding diaryl/α,β-unsaturated/α-hetero) is 2. The van der Waals surface area contributed by atoms with Gasteiger partial charge in [-0.2, -0.15) is 9.13 Å². The van der Waals surface area contributed by atoms with E-state index in [0.29, 0.717) is 24.2 Å². The predicted octanol–water partition coefficient (Wildman–Crippen LogP) is 4.31. The van der Waals surface area contributed by atoms with E-state index >= 15 is 0 Å². The summed E-state index contributed by atoms with van der Waals surface area (Å²) in [6.45, 7) is 4.62. The number of carbonyl (C=O) groups excluding carboxylic acids is 2. The van der Waals surface area contributed by atoms with Gasteiger partial charge in [0.15, 0.2) is 23.8 Å². The quantitative estimate of drug-likeness (QED) is 0.329. The second-order valence-electron chi connectivity index (χ2n) is 7.94. The van der Waals surface area contributed by atoms with E-state index in [2.05, 4.69) is 0 Å². The van der Waals surface area contributed by atoms with Gasteiger partial charge in [0, 0.05) is 49.2 Å². The number of benzene rings is 2. The number of hydrogen-bond donors (Lipinski definition) is 0. The molecule has 0 radical (unpaired) electrons. The summed E-state index contributed by atoms with van der Waals surface area (Å²) in [4.78, 5) is 25.3. The average molecular weight is 423 g/mol. The van der Waals surface area contributed by atoms with Gasteiger partial charge in [-0.25, -0.2) is 0 Å². The second kappa shape index (κ2) is 9.48. The van der Waals surface area contributed by atoms with Crippen LogP contribution in [0.2, 0.25) is 0 Å². The van der Waals surface area contributed by atoms with E-state index < -0.39 is 0 Å². The van der Waals surface area contributed by atoms with E-state index in [-0.39, 0.29) is 11.6 Å². The molecule has 4 aromatic rings. The topological polar surface area (TPSA) is 41.9 Å². The smallest absolute Gasteiger partial charge is 0.227 e. The van der Waals surface area contributed by atoms with Gasteiger partial charge in [-0.15, -0.1) is 0 Å². The lowest BCUT2D eigenvalue weighted by Gasteiger charge is -2.06. The summed E-state index contributed by atoms with van der Waals surface area (Å²) in [5.74, 6) is 0.149. The summed E-state index contributed by atoms with van der Waals surface area (Å²) >= 11 is 0.